The van der Waals surface area contributed by atoms with Crippen LogP contribution in [0.1, 0.15) is 36.1 Å². The molecule has 0 fully saturated rings. The molecule has 25 heavy (non-hydrogen) atoms. The van der Waals surface area contributed by atoms with Crippen molar-refractivity contribution in [1.29, 1.82) is 0 Å². The number of nitrogens with one attached hydrogen (secondary N) is 1. The zero-order valence-electron chi connectivity index (χ0n) is 14.8. The lowest BCUT2D eigenvalue weighted by Crippen LogP contribution is -2.33. The van der Waals surface area contributed by atoms with Gasteiger partial charge in [0.05, 0.1) is 19.8 Å². The van der Waals surface area contributed by atoms with Crippen molar-refractivity contribution in [3.8, 4) is 5.75 Å². The molecule has 4 heteroatoms. The summed E-state index contributed by atoms with van der Waals surface area (Å²) in [6.45, 7) is 2.59. The lowest BCUT2D eigenvalue weighted by Gasteiger charge is -2.30. The normalized spacial score (nSPS) is 19.0. The number of methoxy groups -OCH3 is 1. The van der Waals surface area contributed by atoms with E-state index in [-0.39, 0.29) is 12.1 Å². The lowest BCUT2D eigenvalue weighted by atomic mass is 9.81. The van der Waals surface area contributed by atoms with Crippen molar-refractivity contribution in [2.45, 2.75) is 32.2 Å². The highest BCUT2D eigenvalue weighted by molar-refractivity contribution is 5.68. The average molecular weight is 339 g/mol. The molecule has 0 aliphatic heterocycles. The third-order valence-corrected chi connectivity index (χ3v) is 4.69. The van der Waals surface area contributed by atoms with Gasteiger partial charge in [0.15, 0.2) is 0 Å². The van der Waals surface area contributed by atoms with E-state index >= 15 is 0 Å². The van der Waals surface area contributed by atoms with Gasteiger partial charge < -0.3 is 14.8 Å². The monoisotopic (exact) mass is 339 g/mol. The molecule has 1 aliphatic rings. The van der Waals surface area contributed by atoms with Crippen LogP contribution in [-0.4, -0.2) is 19.8 Å². The Morgan fingerprint density at radius 3 is 2.76 bits per heavy atom. The Hall–Kier alpha value is -2.49. The van der Waals surface area contributed by atoms with Gasteiger partial charge in [-0.05, 0) is 47.6 Å². The summed E-state index contributed by atoms with van der Waals surface area (Å²) in [5.74, 6) is 1.34. The minimum Gasteiger partial charge on any atom is -0.497 e. The van der Waals surface area contributed by atoms with Crippen LogP contribution in [0.4, 0.5) is 4.79 Å². The molecule has 1 amide bonds. The molecule has 0 saturated heterocycles. The largest absolute Gasteiger partial charge is 0.497 e. The van der Waals surface area contributed by atoms with Crippen molar-refractivity contribution in [3.05, 3.63) is 65.2 Å². The number of carbonyl (C=O) groups excluding carboxylic acids is 1. The van der Waals surface area contributed by atoms with Crippen molar-refractivity contribution in [1.82, 2.24) is 5.32 Å². The second kappa shape index (κ2) is 8.06. The number of amides is 1. The third-order valence-electron chi connectivity index (χ3n) is 4.69. The zero-order valence-corrected chi connectivity index (χ0v) is 14.8. The summed E-state index contributed by atoms with van der Waals surface area (Å²) in [4.78, 5) is 12.2. The van der Waals surface area contributed by atoms with E-state index in [1.165, 1.54) is 5.56 Å². The van der Waals surface area contributed by atoms with E-state index in [4.69, 9.17) is 9.47 Å². The first kappa shape index (κ1) is 17.3. The average Bonchev–Trinajstić information content (AvgIpc) is 2.62. The molecule has 2 aromatic carbocycles. The van der Waals surface area contributed by atoms with Crippen molar-refractivity contribution in [3.63, 3.8) is 0 Å². The molecule has 1 N–H and O–H groups in total. The van der Waals surface area contributed by atoms with Gasteiger partial charge in [-0.25, -0.2) is 4.79 Å². The Balaban J connectivity index is 1.59. The molecule has 0 radical (unpaired) electrons. The third kappa shape index (κ3) is 4.53. The topological polar surface area (TPSA) is 47.6 Å². The molecule has 0 saturated carbocycles. The van der Waals surface area contributed by atoms with E-state index in [9.17, 15) is 4.79 Å². The molecular weight excluding hydrogens is 314 g/mol. The quantitative estimate of drug-likeness (QED) is 0.884. The van der Waals surface area contributed by atoms with Crippen LogP contribution in [0.5, 0.6) is 5.75 Å². The molecule has 0 heterocycles. The van der Waals surface area contributed by atoms with Gasteiger partial charge in [0.1, 0.15) is 5.75 Å². The molecule has 2 unspecified atom stereocenters. The summed E-state index contributed by atoms with van der Waals surface area (Å²) in [5.41, 5.74) is 3.57. The fourth-order valence-electron chi connectivity index (χ4n) is 3.43. The minimum atomic E-state index is -0.358. The molecule has 3 rings (SSSR count). The Kier molecular flexibility index (Phi) is 5.59. The standard InChI is InChI=1S/C21H25NO3/c1-15-12-17-8-9-18(24-2)14-19(17)20(13-15)22-21(23)25-11-10-16-6-4-3-5-7-16/h3-9,14-15,20H,10-13H2,1-2H3,(H,22,23). The van der Waals surface area contributed by atoms with Gasteiger partial charge in [-0.3, -0.25) is 0 Å². The van der Waals surface area contributed by atoms with Crippen LogP contribution in [0, 0.1) is 5.92 Å². The first-order valence-corrected chi connectivity index (χ1v) is 8.79. The highest BCUT2D eigenvalue weighted by atomic mass is 16.5. The maximum Gasteiger partial charge on any atom is 0.407 e. The molecule has 2 aromatic rings. The van der Waals surface area contributed by atoms with Crippen LogP contribution in [0.25, 0.3) is 0 Å². The molecule has 2 atom stereocenters. The van der Waals surface area contributed by atoms with E-state index in [1.807, 2.05) is 42.5 Å². The van der Waals surface area contributed by atoms with Crippen LogP contribution in [-0.2, 0) is 17.6 Å². The number of carbonyl (C=O) groups is 1. The molecular formula is C21H25NO3. The van der Waals surface area contributed by atoms with Crippen LogP contribution >= 0.6 is 0 Å². The maximum absolute atomic E-state index is 12.2. The first-order valence-electron chi connectivity index (χ1n) is 8.79. The minimum absolute atomic E-state index is 0.0296. The van der Waals surface area contributed by atoms with Crippen LogP contribution < -0.4 is 10.1 Å². The van der Waals surface area contributed by atoms with E-state index < -0.39 is 0 Å². The number of benzene rings is 2. The van der Waals surface area contributed by atoms with E-state index in [0.29, 0.717) is 12.5 Å². The Morgan fingerprint density at radius 1 is 1.20 bits per heavy atom. The SMILES string of the molecule is COc1ccc2c(c1)C(NC(=O)OCCc1ccccc1)CC(C)C2. The molecule has 1 aliphatic carbocycles. The van der Waals surface area contributed by atoms with Gasteiger partial charge in [-0.1, -0.05) is 43.3 Å². The smallest absolute Gasteiger partial charge is 0.407 e. The predicted molar refractivity (Wildman–Crippen MR) is 97.8 cm³/mol. The number of rotatable bonds is 5. The highest BCUT2D eigenvalue weighted by Gasteiger charge is 2.26. The second-order valence-corrected chi connectivity index (χ2v) is 6.68. The molecule has 0 bridgehead atoms. The Morgan fingerprint density at radius 2 is 2.00 bits per heavy atom. The maximum atomic E-state index is 12.2. The zero-order chi connectivity index (χ0) is 17.6. The van der Waals surface area contributed by atoms with E-state index in [0.717, 1.165) is 36.1 Å². The van der Waals surface area contributed by atoms with Gasteiger partial charge in [0.25, 0.3) is 0 Å². The van der Waals surface area contributed by atoms with Crippen LogP contribution in [0.3, 0.4) is 0 Å². The van der Waals surface area contributed by atoms with Gasteiger partial charge in [0.2, 0.25) is 0 Å². The van der Waals surface area contributed by atoms with Crippen LogP contribution in [0.2, 0.25) is 0 Å². The first-order chi connectivity index (χ1) is 12.2. The summed E-state index contributed by atoms with van der Waals surface area (Å²) in [6, 6.07) is 16.1. The summed E-state index contributed by atoms with van der Waals surface area (Å²) in [5, 5.41) is 3.03. The summed E-state index contributed by atoms with van der Waals surface area (Å²) >= 11 is 0. The second-order valence-electron chi connectivity index (χ2n) is 6.68. The van der Waals surface area contributed by atoms with Crippen molar-refractivity contribution < 1.29 is 14.3 Å². The predicted octanol–water partition coefficient (Wildman–Crippen LogP) is 4.29. The van der Waals surface area contributed by atoms with Gasteiger partial charge >= 0.3 is 6.09 Å². The number of alkyl carbamates (subject to hydrolysis) is 1. The van der Waals surface area contributed by atoms with Gasteiger partial charge in [-0.15, -0.1) is 0 Å². The Labute approximate surface area is 149 Å². The van der Waals surface area contributed by atoms with Crippen LogP contribution in [0.15, 0.2) is 48.5 Å². The fraction of sp³-hybridized carbons (Fsp3) is 0.381. The molecule has 0 spiro atoms. The highest BCUT2D eigenvalue weighted by Crippen LogP contribution is 2.35. The van der Waals surface area contributed by atoms with Gasteiger partial charge in [0, 0.05) is 6.42 Å². The van der Waals surface area contributed by atoms with Crippen molar-refractivity contribution >= 4 is 6.09 Å². The van der Waals surface area contributed by atoms with Crippen molar-refractivity contribution in [2.24, 2.45) is 5.92 Å². The van der Waals surface area contributed by atoms with Gasteiger partial charge in [-0.2, -0.15) is 0 Å². The Bertz CT molecular complexity index is 714. The van der Waals surface area contributed by atoms with E-state index in [1.54, 1.807) is 7.11 Å². The van der Waals surface area contributed by atoms with Crippen molar-refractivity contribution in [2.75, 3.05) is 13.7 Å². The lowest BCUT2D eigenvalue weighted by molar-refractivity contribution is 0.141. The number of hydrogen-bond donors (Lipinski definition) is 1. The molecule has 132 valence electrons. The number of fused-ring (bicyclic) bond motifs is 1. The molecule has 4 nitrogen and oxygen atoms in total. The summed E-state index contributed by atoms with van der Waals surface area (Å²) in [6.07, 6.45) is 2.30. The summed E-state index contributed by atoms with van der Waals surface area (Å²) in [7, 11) is 1.66. The number of hydrogen-bond acceptors (Lipinski definition) is 3. The number of ether oxygens (including phenoxy) is 2. The fourth-order valence-corrected chi connectivity index (χ4v) is 3.43. The van der Waals surface area contributed by atoms with E-state index in [2.05, 4.69) is 18.3 Å². The molecule has 0 aromatic heterocycles. The summed E-state index contributed by atoms with van der Waals surface area (Å²) < 4.78 is 10.7.